The molecule has 0 aliphatic heterocycles. The van der Waals surface area contributed by atoms with Crippen LogP contribution in [-0.2, 0) is 9.53 Å². The van der Waals surface area contributed by atoms with E-state index in [0.29, 0.717) is 12.3 Å². The van der Waals surface area contributed by atoms with Crippen molar-refractivity contribution in [2.45, 2.75) is 24.7 Å². The van der Waals surface area contributed by atoms with Crippen LogP contribution in [0.15, 0.2) is 12.2 Å². The van der Waals surface area contributed by atoms with Crippen molar-refractivity contribution >= 4 is 5.97 Å². The van der Waals surface area contributed by atoms with Crippen LogP contribution in [0, 0.1) is 17.8 Å². The molecule has 7 heteroatoms. The maximum atomic E-state index is 13.0. The van der Waals surface area contributed by atoms with E-state index >= 15 is 0 Å². The van der Waals surface area contributed by atoms with Crippen molar-refractivity contribution in [3.63, 3.8) is 0 Å². The lowest BCUT2D eigenvalue weighted by Gasteiger charge is -2.24. The highest BCUT2D eigenvalue weighted by Gasteiger charge is 2.63. The summed E-state index contributed by atoms with van der Waals surface area (Å²) in [7, 11) is 0. The first-order valence-corrected chi connectivity index (χ1v) is 5.95. The fraction of sp³-hybridized carbons (Fsp3) is 0.750. The van der Waals surface area contributed by atoms with Crippen LogP contribution in [0.1, 0.15) is 12.8 Å². The number of carbonyl (C=O) groups is 1. The van der Waals surface area contributed by atoms with Gasteiger partial charge in [-0.25, -0.2) is 9.18 Å². The number of rotatable bonds is 5. The number of esters is 1. The molecule has 0 spiro atoms. The number of halogens is 5. The zero-order valence-corrected chi connectivity index (χ0v) is 9.92. The van der Waals surface area contributed by atoms with Gasteiger partial charge in [0.1, 0.15) is 0 Å². The Morgan fingerprint density at radius 2 is 1.89 bits per heavy atom. The van der Waals surface area contributed by atoms with Crippen LogP contribution in [0.3, 0.4) is 0 Å². The second-order valence-electron chi connectivity index (χ2n) is 5.05. The number of allylic oxidation sites excluding steroid dienone is 2. The first kappa shape index (κ1) is 14.3. The molecule has 0 N–H and O–H groups in total. The lowest BCUT2D eigenvalue weighted by Crippen LogP contribution is -2.49. The minimum absolute atomic E-state index is 0.117. The zero-order chi connectivity index (χ0) is 14.3. The van der Waals surface area contributed by atoms with E-state index in [1.54, 1.807) is 0 Å². The van der Waals surface area contributed by atoms with Gasteiger partial charge in [-0.1, -0.05) is 12.2 Å². The largest absolute Gasteiger partial charge is 0.461 e. The van der Waals surface area contributed by atoms with E-state index in [1.807, 2.05) is 12.2 Å². The highest BCUT2D eigenvalue weighted by atomic mass is 19.3. The normalized spacial score (nSPS) is 29.8. The van der Waals surface area contributed by atoms with E-state index in [1.165, 1.54) is 0 Å². The Balaban J connectivity index is 1.89. The van der Waals surface area contributed by atoms with E-state index in [9.17, 15) is 26.7 Å². The summed E-state index contributed by atoms with van der Waals surface area (Å²) in [6.45, 7) is -2.94. The molecular formula is C12H13F5O2. The summed E-state index contributed by atoms with van der Waals surface area (Å²) in [6.07, 6.45) is 5.49. The third-order valence-corrected chi connectivity index (χ3v) is 3.73. The number of alkyl halides is 5. The summed E-state index contributed by atoms with van der Waals surface area (Å²) in [5.74, 6) is -12.1. The molecule has 0 amide bonds. The zero-order valence-electron chi connectivity index (χ0n) is 9.92. The van der Waals surface area contributed by atoms with Crippen molar-refractivity contribution in [3.05, 3.63) is 12.2 Å². The van der Waals surface area contributed by atoms with Crippen LogP contribution in [0.4, 0.5) is 22.0 Å². The molecule has 1 fully saturated rings. The van der Waals surface area contributed by atoms with Gasteiger partial charge in [0.05, 0.1) is 6.61 Å². The average Bonchev–Trinajstić information content (AvgIpc) is 2.97. The molecule has 0 aromatic carbocycles. The summed E-state index contributed by atoms with van der Waals surface area (Å²) in [5.41, 5.74) is 0. The standard InChI is InChI=1S/C12H13F5O2/c13-6-11(14,15)12(16,17)10(18)19-5-9-4-7-1-2-8(9)3-7/h1-2,7-9H,3-6H2. The van der Waals surface area contributed by atoms with Gasteiger partial charge >= 0.3 is 17.8 Å². The van der Waals surface area contributed by atoms with Gasteiger partial charge in [0.25, 0.3) is 0 Å². The first-order valence-electron chi connectivity index (χ1n) is 5.95. The molecule has 3 atom stereocenters. The third-order valence-electron chi connectivity index (χ3n) is 3.73. The Morgan fingerprint density at radius 1 is 1.21 bits per heavy atom. The second kappa shape index (κ2) is 4.76. The molecule has 2 aliphatic rings. The maximum absolute atomic E-state index is 13.0. The molecule has 2 aliphatic carbocycles. The van der Waals surface area contributed by atoms with Crippen LogP contribution in [-0.4, -0.2) is 31.1 Å². The minimum atomic E-state index is -5.13. The topological polar surface area (TPSA) is 26.3 Å². The Hall–Kier alpha value is -1.14. The lowest BCUT2D eigenvalue weighted by molar-refractivity contribution is -0.233. The molecule has 2 bridgehead atoms. The van der Waals surface area contributed by atoms with E-state index in [2.05, 4.69) is 4.74 Å². The van der Waals surface area contributed by atoms with Crippen LogP contribution in [0.2, 0.25) is 0 Å². The third kappa shape index (κ3) is 2.47. The molecule has 2 nitrogen and oxygen atoms in total. The van der Waals surface area contributed by atoms with Gasteiger partial charge in [-0.05, 0) is 30.6 Å². The van der Waals surface area contributed by atoms with E-state index in [4.69, 9.17) is 0 Å². The van der Waals surface area contributed by atoms with E-state index in [-0.39, 0.29) is 18.4 Å². The molecule has 0 aromatic heterocycles. The SMILES string of the molecule is O=C(OCC1CC2C=CC1C2)C(F)(F)C(F)(F)CF. The van der Waals surface area contributed by atoms with Crippen LogP contribution >= 0.6 is 0 Å². The predicted molar refractivity (Wildman–Crippen MR) is 55.7 cm³/mol. The van der Waals surface area contributed by atoms with Crippen LogP contribution in [0.5, 0.6) is 0 Å². The highest BCUT2D eigenvalue weighted by Crippen LogP contribution is 2.44. The maximum Gasteiger partial charge on any atom is 0.407 e. The van der Waals surface area contributed by atoms with Crippen molar-refractivity contribution in [3.8, 4) is 0 Å². The minimum Gasteiger partial charge on any atom is -0.461 e. The number of hydrogen-bond donors (Lipinski definition) is 0. The van der Waals surface area contributed by atoms with Crippen molar-refractivity contribution in [1.82, 2.24) is 0 Å². The highest BCUT2D eigenvalue weighted by molar-refractivity contribution is 5.79. The van der Waals surface area contributed by atoms with Gasteiger partial charge in [-0.15, -0.1) is 0 Å². The smallest absolute Gasteiger partial charge is 0.407 e. The molecule has 108 valence electrons. The van der Waals surface area contributed by atoms with Gasteiger partial charge in [0.2, 0.25) is 0 Å². The second-order valence-corrected chi connectivity index (χ2v) is 5.05. The van der Waals surface area contributed by atoms with Gasteiger partial charge in [0, 0.05) is 0 Å². The van der Waals surface area contributed by atoms with Crippen LogP contribution in [0.25, 0.3) is 0 Å². The lowest BCUT2D eigenvalue weighted by atomic mass is 9.94. The summed E-state index contributed by atoms with van der Waals surface area (Å²) in [5, 5.41) is 0. The van der Waals surface area contributed by atoms with Gasteiger partial charge in [0.15, 0.2) is 6.67 Å². The summed E-state index contributed by atoms with van der Waals surface area (Å²) in [4.78, 5) is 11.0. The molecule has 0 heterocycles. The predicted octanol–water partition coefficient (Wildman–Crippen LogP) is 2.98. The fourth-order valence-corrected chi connectivity index (χ4v) is 2.59. The van der Waals surface area contributed by atoms with Gasteiger partial charge in [-0.2, -0.15) is 17.6 Å². The molecule has 2 rings (SSSR count). The number of hydrogen-bond acceptors (Lipinski definition) is 2. The van der Waals surface area contributed by atoms with Gasteiger partial charge < -0.3 is 4.74 Å². The Bertz CT molecular complexity index is 394. The molecule has 19 heavy (non-hydrogen) atoms. The van der Waals surface area contributed by atoms with Crippen molar-refractivity contribution in [1.29, 1.82) is 0 Å². The molecule has 0 aromatic rings. The monoisotopic (exact) mass is 284 g/mol. The molecule has 0 saturated heterocycles. The van der Waals surface area contributed by atoms with Gasteiger partial charge in [-0.3, -0.25) is 0 Å². The summed E-state index contributed by atoms with van der Waals surface area (Å²) in [6, 6.07) is 0. The number of carbonyl (C=O) groups excluding carboxylic acids is 1. The molecule has 0 radical (unpaired) electrons. The summed E-state index contributed by atoms with van der Waals surface area (Å²) < 4.78 is 67.3. The van der Waals surface area contributed by atoms with Crippen molar-refractivity contribution in [2.24, 2.45) is 17.8 Å². The van der Waals surface area contributed by atoms with E-state index < -0.39 is 24.5 Å². The first-order chi connectivity index (χ1) is 8.78. The Kier molecular flexibility index (Phi) is 3.57. The molecular weight excluding hydrogens is 271 g/mol. The molecule has 1 saturated carbocycles. The van der Waals surface area contributed by atoms with Crippen molar-refractivity contribution < 1.29 is 31.5 Å². The quantitative estimate of drug-likeness (QED) is 0.441. The van der Waals surface area contributed by atoms with E-state index in [0.717, 1.165) is 6.42 Å². The summed E-state index contributed by atoms with van der Waals surface area (Å²) >= 11 is 0. The number of ether oxygens (including phenoxy) is 1. The fourth-order valence-electron chi connectivity index (χ4n) is 2.59. The number of fused-ring (bicyclic) bond motifs is 2. The Morgan fingerprint density at radius 3 is 2.37 bits per heavy atom. The molecule has 3 unspecified atom stereocenters. The van der Waals surface area contributed by atoms with Crippen LogP contribution < -0.4 is 0 Å². The Labute approximate surface area is 106 Å². The van der Waals surface area contributed by atoms with Crippen molar-refractivity contribution in [2.75, 3.05) is 13.3 Å². The average molecular weight is 284 g/mol.